The molecule has 0 heterocycles. The Balaban J connectivity index is 2.56. The van der Waals surface area contributed by atoms with Gasteiger partial charge in [0.25, 0.3) is 0 Å². The number of hydrogen-bond donors (Lipinski definition) is 0. The third-order valence-electron chi connectivity index (χ3n) is 1.32. The van der Waals surface area contributed by atoms with Gasteiger partial charge in [0, 0.05) is 4.79 Å². The first-order valence-electron chi connectivity index (χ1n) is 2.89. The molecule has 0 aliphatic heterocycles. The smallest absolute Gasteiger partial charge is 0.523 e. The first-order valence-corrected chi connectivity index (χ1v) is 2.89. The minimum absolute atomic E-state index is 0.185. The normalized spacial score (nSPS) is 24.2. The highest BCUT2D eigenvalue weighted by atomic mass is 16.4. The van der Waals surface area contributed by atoms with E-state index in [0.29, 0.717) is 6.42 Å². The van der Waals surface area contributed by atoms with Crippen molar-refractivity contribution in [3.63, 3.8) is 0 Å². The van der Waals surface area contributed by atoms with Crippen LogP contribution in [-0.2, 0) is 4.79 Å². The summed E-state index contributed by atoms with van der Waals surface area (Å²) in [5.41, 5.74) is 0. The van der Waals surface area contributed by atoms with Crippen molar-refractivity contribution < 1.29 is 9.90 Å². The maximum absolute atomic E-state index is 10.4. The van der Waals surface area contributed by atoms with Crippen LogP contribution in [-0.4, -0.2) is 11.1 Å². The summed E-state index contributed by atoms with van der Waals surface area (Å²) in [6.07, 6.45) is 8.05. The second-order valence-corrected chi connectivity index (χ2v) is 2.02. The minimum Gasteiger partial charge on any atom is -0.564 e. The van der Waals surface area contributed by atoms with E-state index < -0.39 is 5.97 Å². The minimum atomic E-state index is -0.490. The molecule has 48 valence electrons. The van der Waals surface area contributed by atoms with Crippen LogP contribution in [0.15, 0.2) is 24.3 Å². The molecule has 1 aliphatic rings. The Morgan fingerprint density at radius 3 is 2.67 bits per heavy atom. The van der Waals surface area contributed by atoms with Gasteiger partial charge in [0.15, 0.2) is 0 Å². The molecule has 0 spiro atoms. The van der Waals surface area contributed by atoms with Crippen molar-refractivity contribution in [2.45, 2.75) is 6.42 Å². The van der Waals surface area contributed by atoms with Gasteiger partial charge in [-0.15, -0.1) is 0 Å². The van der Waals surface area contributed by atoms with Gasteiger partial charge in [-0.3, -0.25) is 0 Å². The van der Waals surface area contributed by atoms with Crippen LogP contribution in [0.25, 0.3) is 0 Å². The zero-order valence-corrected chi connectivity index (χ0v) is 5.00. The molecule has 2 N–H and O–H groups in total. The van der Waals surface area contributed by atoms with Crippen LogP contribution in [0.5, 0.6) is 0 Å². The predicted octanol–water partition coefficient (Wildman–Crippen LogP) is 0.370. The fraction of sp³-hybridized carbons (Fsp3) is 0.286. The van der Waals surface area contributed by atoms with Crippen LogP contribution in [0.3, 0.4) is 0 Å². The summed E-state index contributed by atoms with van der Waals surface area (Å²) in [6.45, 7) is 0. The van der Waals surface area contributed by atoms with Crippen LogP contribution in [0.4, 0.5) is 0 Å². The Bertz CT molecular complexity index is 168. The number of carbonyl (C=O) groups excluding carboxylic acids is 1. The summed E-state index contributed by atoms with van der Waals surface area (Å²) in [4.78, 5) is 10.4. The third-order valence-corrected chi connectivity index (χ3v) is 1.32. The van der Waals surface area contributed by atoms with Gasteiger partial charge in [0.05, 0.1) is 0 Å². The Kier molecular flexibility index (Phi) is 1.68. The first-order chi connectivity index (χ1) is 4.30. The lowest BCUT2D eigenvalue weighted by Crippen LogP contribution is -2.10. The Hall–Kier alpha value is -1.05. The molecule has 0 aromatic heterocycles. The zero-order chi connectivity index (χ0) is 6.69. The lowest BCUT2D eigenvalue weighted by atomic mass is 10.0. The number of allylic oxidation sites excluding steroid dienone is 3. The SMILES string of the molecule is O=C([OH2+])C1C=CC=CC1. The molecule has 9 heavy (non-hydrogen) atoms. The lowest BCUT2D eigenvalue weighted by Gasteiger charge is -2.00. The van der Waals surface area contributed by atoms with Crippen LogP contribution >= 0.6 is 0 Å². The molecule has 0 radical (unpaired) electrons. The summed E-state index contributed by atoms with van der Waals surface area (Å²) in [5.74, 6) is -0.675. The average Bonchev–Trinajstić information content (AvgIpc) is 1.90. The molecule has 0 saturated heterocycles. The Labute approximate surface area is 53.5 Å². The van der Waals surface area contributed by atoms with Crippen molar-refractivity contribution in [1.82, 2.24) is 0 Å². The quantitative estimate of drug-likeness (QED) is 0.467. The maximum Gasteiger partial charge on any atom is 0.523 e. The van der Waals surface area contributed by atoms with Crippen molar-refractivity contribution in [3.05, 3.63) is 24.3 Å². The Morgan fingerprint density at radius 1 is 1.56 bits per heavy atom. The summed E-state index contributed by atoms with van der Waals surface area (Å²) in [6, 6.07) is 0. The van der Waals surface area contributed by atoms with Gasteiger partial charge >= 0.3 is 5.97 Å². The van der Waals surface area contributed by atoms with Crippen LogP contribution in [0.1, 0.15) is 6.42 Å². The zero-order valence-electron chi connectivity index (χ0n) is 5.00. The van der Waals surface area contributed by atoms with Crippen molar-refractivity contribution in [2.75, 3.05) is 0 Å². The molecule has 1 atom stereocenters. The second-order valence-electron chi connectivity index (χ2n) is 2.02. The van der Waals surface area contributed by atoms with Crippen LogP contribution in [0, 0.1) is 5.92 Å². The second kappa shape index (κ2) is 2.49. The van der Waals surface area contributed by atoms with E-state index in [1.54, 1.807) is 12.2 Å². The fourth-order valence-corrected chi connectivity index (χ4v) is 0.775. The van der Waals surface area contributed by atoms with E-state index in [0.717, 1.165) is 0 Å². The van der Waals surface area contributed by atoms with Gasteiger partial charge in [-0.1, -0.05) is 24.3 Å². The topological polar surface area (TPSA) is 40.0 Å². The standard InChI is InChI=1S/C7H8O2/c8-7(9)6-4-2-1-3-5-6/h1-4,6H,5H2,(H,8,9)/p+1. The van der Waals surface area contributed by atoms with E-state index in [-0.39, 0.29) is 5.92 Å². The van der Waals surface area contributed by atoms with Crippen molar-refractivity contribution in [3.8, 4) is 0 Å². The summed E-state index contributed by atoms with van der Waals surface area (Å²) in [7, 11) is 0. The van der Waals surface area contributed by atoms with Gasteiger partial charge in [-0.05, 0) is 6.42 Å². The van der Waals surface area contributed by atoms with Gasteiger partial charge in [-0.25, -0.2) is 0 Å². The van der Waals surface area contributed by atoms with Crippen LogP contribution < -0.4 is 0 Å². The summed E-state index contributed by atoms with van der Waals surface area (Å²) >= 11 is 0. The van der Waals surface area contributed by atoms with E-state index in [1.807, 2.05) is 12.2 Å². The predicted molar refractivity (Wildman–Crippen MR) is 35.0 cm³/mol. The highest BCUT2D eigenvalue weighted by Gasteiger charge is 2.20. The molecule has 0 amide bonds. The average molecular weight is 125 g/mol. The summed E-state index contributed by atoms with van der Waals surface area (Å²) < 4.78 is 0. The van der Waals surface area contributed by atoms with Crippen molar-refractivity contribution in [1.29, 1.82) is 0 Å². The number of hydrogen-bond acceptors (Lipinski definition) is 1. The van der Waals surface area contributed by atoms with E-state index in [4.69, 9.17) is 5.11 Å². The highest BCUT2D eigenvalue weighted by Crippen LogP contribution is 2.10. The maximum atomic E-state index is 10.4. The van der Waals surface area contributed by atoms with E-state index in [9.17, 15) is 4.79 Å². The molecule has 2 nitrogen and oxygen atoms in total. The van der Waals surface area contributed by atoms with Gasteiger partial charge in [-0.2, -0.15) is 0 Å². The summed E-state index contributed by atoms with van der Waals surface area (Å²) in [5, 5.41) is 6.75. The molecular weight excluding hydrogens is 116 g/mol. The van der Waals surface area contributed by atoms with Gasteiger partial charge in [0.1, 0.15) is 5.92 Å². The fourth-order valence-electron chi connectivity index (χ4n) is 0.775. The van der Waals surface area contributed by atoms with E-state index >= 15 is 0 Å². The molecule has 1 unspecified atom stereocenters. The molecule has 0 aromatic carbocycles. The lowest BCUT2D eigenvalue weighted by molar-refractivity contribution is -0.139. The van der Waals surface area contributed by atoms with Crippen molar-refractivity contribution >= 4 is 5.97 Å². The number of rotatable bonds is 1. The number of carbonyl (C=O) groups is 1. The van der Waals surface area contributed by atoms with Crippen LogP contribution in [0.2, 0.25) is 0 Å². The largest absolute Gasteiger partial charge is 0.564 e. The molecule has 2 heteroatoms. The van der Waals surface area contributed by atoms with Crippen molar-refractivity contribution in [2.24, 2.45) is 5.92 Å². The monoisotopic (exact) mass is 125 g/mol. The molecule has 0 aromatic rings. The molecule has 0 saturated carbocycles. The third kappa shape index (κ3) is 1.42. The van der Waals surface area contributed by atoms with E-state index in [2.05, 4.69) is 0 Å². The first kappa shape index (κ1) is 6.08. The Morgan fingerprint density at radius 2 is 2.33 bits per heavy atom. The molecule has 0 bridgehead atoms. The van der Waals surface area contributed by atoms with Gasteiger partial charge in [0.2, 0.25) is 0 Å². The molecule has 0 fully saturated rings. The molecular formula is C7H9O2+. The highest BCUT2D eigenvalue weighted by molar-refractivity contribution is 5.72. The molecule has 1 aliphatic carbocycles. The van der Waals surface area contributed by atoms with Gasteiger partial charge < -0.3 is 5.11 Å². The van der Waals surface area contributed by atoms with E-state index in [1.165, 1.54) is 0 Å². The molecule has 1 rings (SSSR count).